The summed E-state index contributed by atoms with van der Waals surface area (Å²) < 4.78 is 40.5. The standard InChI is InChI=1S/C22H23FN2O3S/c1-15-6-8-18(12-16(15)2)25-14-21(22(26)24-10-4-3-5-11-24)29(27,28)20-9-7-17(23)13-19(20)25/h6-9,12-14H,3-5,10-11H2,1-2H3. The fraction of sp³-hybridized carbons (Fsp3) is 0.318. The molecular weight excluding hydrogens is 391 g/mol. The molecule has 0 N–H and O–H groups in total. The van der Waals surface area contributed by atoms with E-state index in [4.69, 9.17) is 0 Å². The molecule has 0 unspecified atom stereocenters. The minimum absolute atomic E-state index is 0.0556. The topological polar surface area (TPSA) is 57.7 Å². The molecule has 2 aromatic rings. The number of carbonyl (C=O) groups excluding carboxylic acids is 1. The number of likely N-dealkylation sites (tertiary alicyclic amines) is 1. The maximum Gasteiger partial charge on any atom is 0.267 e. The number of sulfone groups is 1. The van der Waals surface area contributed by atoms with Gasteiger partial charge in [-0.1, -0.05) is 6.07 Å². The third-order valence-electron chi connectivity index (χ3n) is 5.63. The Morgan fingerprint density at radius 1 is 0.966 bits per heavy atom. The molecule has 2 aliphatic rings. The number of anilines is 2. The maximum atomic E-state index is 14.0. The van der Waals surface area contributed by atoms with Gasteiger partial charge in [-0.15, -0.1) is 0 Å². The first-order chi connectivity index (χ1) is 13.8. The fourth-order valence-corrected chi connectivity index (χ4v) is 5.31. The number of rotatable bonds is 2. The molecule has 1 saturated heterocycles. The number of hydrogen-bond donors (Lipinski definition) is 0. The molecule has 0 bridgehead atoms. The number of amides is 1. The zero-order valence-electron chi connectivity index (χ0n) is 16.5. The van der Waals surface area contributed by atoms with E-state index in [1.54, 1.807) is 9.80 Å². The zero-order chi connectivity index (χ0) is 20.8. The van der Waals surface area contributed by atoms with E-state index in [1.807, 2.05) is 32.0 Å². The summed E-state index contributed by atoms with van der Waals surface area (Å²) in [5, 5.41) is 0. The molecule has 152 valence electrons. The van der Waals surface area contributed by atoms with Gasteiger partial charge in [0.2, 0.25) is 9.84 Å². The van der Waals surface area contributed by atoms with Crippen molar-refractivity contribution in [1.29, 1.82) is 0 Å². The third-order valence-corrected chi connectivity index (χ3v) is 7.41. The minimum atomic E-state index is -4.05. The average molecular weight is 415 g/mol. The molecule has 0 atom stereocenters. The predicted octanol–water partition coefficient (Wildman–Crippen LogP) is 4.22. The predicted molar refractivity (Wildman–Crippen MR) is 110 cm³/mol. The largest absolute Gasteiger partial charge is 0.338 e. The van der Waals surface area contributed by atoms with Gasteiger partial charge in [0.15, 0.2) is 4.91 Å². The average Bonchev–Trinajstić information content (AvgIpc) is 2.70. The Kier molecular flexibility index (Phi) is 4.94. The Bertz CT molecular complexity index is 1120. The van der Waals surface area contributed by atoms with Crippen molar-refractivity contribution in [3.63, 3.8) is 0 Å². The van der Waals surface area contributed by atoms with Crippen molar-refractivity contribution in [2.75, 3.05) is 18.0 Å². The Labute approximate surface area is 170 Å². The van der Waals surface area contributed by atoms with Crippen molar-refractivity contribution >= 4 is 27.1 Å². The van der Waals surface area contributed by atoms with Gasteiger partial charge < -0.3 is 9.80 Å². The molecule has 4 rings (SSSR count). The molecule has 0 aromatic heterocycles. The molecule has 0 radical (unpaired) electrons. The Hall–Kier alpha value is -2.67. The highest BCUT2D eigenvalue weighted by atomic mass is 32.2. The summed E-state index contributed by atoms with van der Waals surface area (Å²) in [6.07, 6.45) is 4.11. The lowest BCUT2D eigenvalue weighted by molar-refractivity contribution is -0.127. The molecule has 7 heteroatoms. The van der Waals surface area contributed by atoms with Gasteiger partial charge in [-0.05, 0) is 74.6 Å². The first-order valence-corrected chi connectivity index (χ1v) is 11.2. The normalized spacial score (nSPS) is 18.2. The summed E-state index contributed by atoms with van der Waals surface area (Å²) in [5.74, 6) is -1.03. The van der Waals surface area contributed by atoms with E-state index in [2.05, 4.69) is 0 Å². The maximum absolute atomic E-state index is 14.0. The fourth-order valence-electron chi connectivity index (χ4n) is 3.79. The summed E-state index contributed by atoms with van der Waals surface area (Å²) in [6.45, 7) is 5.03. The number of nitrogens with zero attached hydrogens (tertiary/aromatic N) is 2. The number of aryl methyl sites for hydroxylation is 2. The number of fused-ring (bicyclic) bond motifs is 1. The Morgan fingerprint density at radius 3 is 2.38 bits per heavy atom. The first-order valence-electron chi connectivity index (χ1n) is 9.71. The minimum Gasteiger partial charge on any atom is -0.338 e. The van der Waals surface area contributed by atoms with Gasteiger partial charge >= 0.3 is 0 Å². The molecule has 5 nitrogen and oxygen atoms in total. The van der Waals surface area contributed by atoms with Crippen LogP contribution in [-0.2, 0) is 14.6 Å². The summed E-state index contributed by atoms with van der Waals surface area (Å²) in [6, 6.07) is 9.22. The Morgan fingerprint density at radius 2 is 1.69 bits per heavy atom. The number of piperidine rings is 1. The third kappa shape index (κ3) is 3.44. The SMILES string of the molecule is Cc1ccc(N2C=C(C(=O)N3CCCCC3)S(=O)(=O)c3ccc(F)cc32)cc1C. The summed E-state index contributed by atoms with van der Waals surface area (Å²) in [7, 11) is -4.05. The van der Waals surface area contributed by atoms with Crippen LogP contribution < -0.4 is 4.90 Å². The highest BCUT2D eigenvalue weighted by Crippen LogP contribution is 2.41. The molecule has 0 saturated carbocycles. The summed E-state index contributed by atoms with van der Waals surface area (Å²) in [5.41, 5.74) is 3.00. The lowest BCUT2D eigenvalue weighted by atomic mass is 10.1. The molecule has 2 heterocycles. The molecular formula is C22H23FN2O3S. The second kappa shape index (κ2) is 7.30. The van der Waals surface area contributed by atoms with Gasteiger partial charge in [-0.25, -0.2) is 12.8 Å². The van der Waals surface area contributed by atoms with Crippen LogP contribution in [0.4, 0.5) is 15.8 Å². The van der Waals surface area contributed by atoms with Gasteiger partial charge in [0.25, 0.3) is 5.91 Å². The van der Waals surface area contributed by atoms with Crippen molar-refractivity contribution in [2.45, 2.75) is 38.0 Å². The number of carbonyl (C=O) groups is 1. The van der Waals surface area contributed by atoms with E-state index in [-0.39, 0.29) is 15.5 Å². The molecule has 0 spiro atoms. The van der Waals surface area contributed by atoms with Crippen LogP contribution in [0.1, 0.15) is 30.4 Å². The van der Waals surface area contributed by atoms with Crippen molar-refractivity contribution in [3.05, 3.63) is 64.4 Å². The second-order valence-corrected chi connectivity index (χ2v) is 9.49. The summed E-state index contributed by atoms with van der Waals surface area (Å²) in [4.78, 5) is 16.0. The molecule has 2 aromatic carbocycles. The van der Waals surface area contributed by atoms with Crippen molar-refractivity contribution in [3.8, 4) is 0 Å². The van der Waals surface area contributed by atoms with Crippen LogP contribution in [0.3, 0.4) is 0 Å². The van der Waals surface area contributed by atoms with Gasteiger partial charge in [0, 0.05) is 25.0 Å². The van der Waals surface area contributed by atoms with E-state index in [9.17, 15) is 17.6 Å². The van der Waals surface area contributed by atoms with Crippen LogP contribution >= 0.6 is 0 Å². The lowest BCUT2D eigenvalue weighted by Gasteiger charge is -2.32. The summed E-state index contributed by atoms with van der Waals surface area (Å²) >= 11 is 0. The van der Waals surface area contributed by atoms with Crippen LogP contribution in [0.25, 0.3) is 0 Å². The Balaban J connectivity index is 1.89. The van der Waals surface area contributed by atoms with Crippen molar-refractivity contribution in [1.82, 2.24) is 4.90 Å². The van der Waals surface area contributed by atoms with Crippen LogP contribution in [0.5, 0.6) is 0 Å². The van der Waals surface area contributed by atoms with Crippen LogP contribution in [0, 0.1) is 19.7 Å². The smallest absolute Gasteiger partial charge is 0.267 e. The number of halogens is 1. The van der Waals surface area contributed by atoms with E-state index < -0.39 is 21.6 Å². The monoisotopic (exact) mass is 414 g/mol. The molecule has 2 aliphatic heterocycles. The van der Waals surface area contributed by atoms with Crippen LogP contribution in [0.15, 0.2) is 52.4 Å². The van der Waals surface area contributed by atoms with E-state index in [0.29, 0.717) is 18.8 Å². The highest BCUT2D eigenvalue weighted by molar-refractivity contribution is 7.96. The van der Waals surface area contributed by atoms with E-state index in [1.165, 1.54) is 18.3 Å². The van der Waals surface area contributed by atoms with Crippen molar-refractivity contribution in [2.24, 2.45) is 0 Å². The van der Waals surface area contributed by atoms with Crippen LogP contribution in [0.2, 0.25) is 0 Å². The van der Waals surface area contributed by atoms with Gasteiger partial charge in [-0.2, -0.15) is 0 Å². The van der Waals surface area contributed by atoms with E-state index >= 15 is 0 Å². The zero-order valence-corrected chi connectivity index (χ0v) is 17.3. The van der Waals surface area contributed by atoms with Gasteiger partial charge in [0.05, 0.1) is 10.6 Å². The van der Waals surface area contributed by atoms with Gasteiger partial charge in [-0.3, -0.25) is 4.79 Å². The molecule has 29 heavy (non-hydrogen) atoms. The quantitative estimate of drug-likeness (QED) is 0.691. The molecule has 1 fully saturated rings. The lowest BCUT2D eigenvalue weighted by Crippen LogP contribution is -2.39. The highest BCUT2D eigenvalue weighted by Gasteiger charge is 2.38. The number of hydrogen-bond acceptors (Lipinski definition) is 4. The number of benzene rings is 2. The first kappa shape index (κ1) is 19.6. The van der Waals surface area contributed by atoms with E-state index in [0.717, 1.165) is 36.5 Å². The van der Waals surface area contributed by atoms with Crippen molar-refractivity contribution < 1.29 is 17.6 Å². The molecule has 0 aliphatic carbocycles. The van der Waals surface area contributed by atoms with Gasteiger partial charge in [0.1, 0.15) is 5.82 Å². The van der Waals surface area contributed by atoms with Crippen LogP contribution in [-0.4, -0.2) is 32.3 Å². The second-order valence-electron chi connectivity index (χ2n) is 7.60. The molecule has 1 amide bonds.